The second kappa shape index (κ2) is 6.95. The molecule has 1 aromatic carbocycles. The summed E-state index contributed by atoms with van der Waals surface area (Å²) in [5, 5.41) is 5.87. The van der Waals surface area contributed by atoms with Crippen LogP contribution >= 0.6 is 11.3 Å². The van der Waals surface area contributed by atoms with E-state index in [9.17, 15) is 9.18 Å². The second-order valence-corrected chi connectivity index (χ2v) is 6.53. The topological polar surface area (TPSA) is 48.5 Å². The normalized spacial score (nSPS) is 14.9. The summed E-state index contributed by atoms with van der Waals surface area (Å²) in [7, 11) is 0. The van der Waals surface area contributed by atoms with Crippen molar-refractivity contribution in [3.05, 3.63) is 46.2 Å². The van der Waals surface area contributed by atoms with Crippen LogP contribution in [0.15, 0.2) is 29.6 Å². The van der Waals surface area contributed by atoms with Crippen molar-refractivity contribution < 1.29 is 9.18 Å². The fraction of sp³-hybridized carbons (Fsp3) is 0.375. The van der Waals surface area contributed by atoms with Crippen LogP contribution in [0.3, 0.4) is 0 Å². The van der Waals surface area contributed by atoms with Crippen molar-refractivity contribution in [3.63, 3.8) is 0 Å². The number of aromatic nitrogens is 1. The van der Waals surface area contributed by atoms with Gasteiger partial charge in [-0.1, -0.05) is 0 Å². The highest BCUT2D eigenvalue weighted by atomic mass is 32.1. The molecule has 122 valence electrons. The van der Waals surface area contributed by atoms with Crippen molar-refractivity contribution in [1.82, 2.24) is 15.2 Å². The Morgan fingerprint density at radius 3 is 2.57 bits per heavy atom. The van der Waals surface area contributed by atoms with Crippen molar-refractivity contribution in [1.29, 1.82) is 0 Å². The standard InChI is InChI=1S/C16H19FN4OS/c1-12-19-14(11-23-12)10-18-16(22)21-8-6-20(7-9-21)15-4-2-13(17)3-5-15/h2-5,11H,6-10H2,1H3,(H,18,22). The number of hydrogen-bond acceptors (Lipinski definition) is 4. The summed E-state index contributed by atoms with van der Waals surface area (Å²) in [5.74, 6) is -0.232. The van der Waals surface area contributed by atoms with Crippen molar-refractivity contribution in [2.75, 3.05) is 31.1 Å². The zero-order valence-electron chi connectivity index (χ0n) is 13.0. The van der Waals surface area contributed by atoms with E-state index in [0.717, 1.165) is 29.5 Å². The molecule has 0 saturated carbocycles. The molecule has 23 heavy (non-hydrogen) atoms. The van der Waals surface area contributed by atoms with Crippen molar-refractivity contribution in [3.8, 4) is 0 Å². The van der Waals surface area contributed by atoms with Crippen molar-refractivity contribution in [2.45, 2.75) is 13.5 Å². The molecule has 1 saturated heterocycles. The van der Waals surface area contributed by atoms with Crippen molar-refractivity contribution >= 4 is 23.1 Å². The van der Waals surface area contributed by atoms with Gasteiger partial charge in [-0.2, -0.15) is 0 Å². The van der Waals surface area contributed by atoms with E-state index in [1.54, 1.807) is 28.4 Å². The Labute approximate surface area is 138 Å². The molecule has 1 N–H and O–H groups in total. The Kier molecular flexibility index (Phi) is 4.76. The molecule has 3 rings (SSSR count). The molecule has 0 atom stereocenters. The first-order valence-corrected chi connectivity index (χ1v) is 8.44. The molecule has 2 heterocycles. The lowest BCUT2D eigenvalue weighted by molar-refractivity contribution is 0.194. The van der Waals surface area contributed by atoms with Gasteiger partial charge in [0.25, 0.3) is 0 Å². The zero-order chi connectivity index (χ0) is 16.2. The van der Waals surface area contributed by atoms with Gasteiger partial charge >= 0.3 is 6.03 Å². The van der Waals surface area contributed by atoms with Gasteiger partial charge in [-0.15, -0.1) is 11.3 Å². The molecule has 1 fully saturated rings. The molecule has 0 radical (unpaired) electrons. The minimum Gasteiger partial charge on any atom is -0.368 e. The lowest BCUT2D eigenvalue weighted by Crippen LogP contribution is -2.51. The van der Waals surface area contributed by atoms with Crippen LogP contribution in [-0.4, -0.2) is 42.1 Å². The summed E-state index contributed by atoms with van der Waals surface area (Å²) < 4.78 is 13.0. The number of hydrogen-bond donors (Lipinski definition) is 1. The van der Waals surface area contributed by atoms with Crippen molar-refractivity contribution in [2.24, 2.45) is 0 Å². The number of nitrogens with zero attached hydrogens (tertiary/aromatic N) is 3. The van der Waals surface area contributed by atoms with Gasteiger partial charge in [-0.3, -0.25) is 0 Å². The number of piperazine rings is 1. The lowest BCUT2D eigenvalue weighted by Gasteiger charge is -2.36. The van der Waals surface area contributed by atoms with Gasteiger partial charge in [-0.05, 0) is 31.2 Å². The Balaban J connectivity index is 1.48. The maximum absolute atomic E-state index is 13.0. The van der Waals surface area contributed by atoms with Crippen LogP contribution in [-0.2, 0) is 6.54 Å². The van der Waals surface area contributed by atoms with E-state index >= 15 is 0 Å². The van der Waals surface area contributed by atoms with E-state index in [4.69, 9.17) is 0 Å². The number of nitrogens with one attached hydrogen (secondary N) is 1. The monoisotopic (exact) mass is 334 g/mol. The number of amides is 2. The number of rotatable bonds is 3. The van der Waals surface area contributed by atoms with Crippen LogP contribution in [0.2, 0.25) is 0 Å². The molecule has 7 heteroatoms. The van der Waals surface area contributed by atoms with Crippen LogP contribution in [0.4, 0.5) is 14.9 Å². The Bertz CT molecular complexity index is 665. The Morgan fingerprint density at radius 2 is 1.96 bits per heavy atom. The lowest BCUT2D eigenvalue weighted by atomic mass is 10.2. The highest BCUT2D eigenvalue weighted by Crippen LogP contribution is 2.17. The van der Waals surface area contributed by atoms with E-state index in [1.807, 2.05) is 12.3 Å². The minimum absolute atomic E-state index is 0.0607. The van der Waals surface area contributed by atoms with E-state index in [2.05, 4.69) is 15.2 Å². The summed E-state index contributed by atoms with van der Waals surface area (Å²) >= 11 is 1.58. The smallest absolute Gasteiger partial charge is 0.317 e. The number of thiazole rings is 1. The molecule has 0 unspecified atom stereocenters. The summed E-state index contributed by atoms with van der Waals surface area (Å²) in [6.45, 7) is 5.20. The molecule has 1 aromatic heterocycles. The van der Waals surface area contributed by atoms with Gasteiger partial charge in [0.15, 0.2) is 0 Å². The molecule has 2 aromatic rings. The van der Waals surface area contributed by atoms with Gasteiger partial charge < -0.3 is 15.1 Å². The van der Waals surface area contributed by atoms with Gasteiger partial charge in [0.05, 0.1) is 17.2 Å². The van der Waals surface area contributed by atoms with Crippen LogP contribution in [0.25, 0.3) is 0 Å². The van der Waals surface area contributed by atoms with Crippen LogP contribution < -0.4 is 10.2 Å². The number of anilines is 1. The van der Waals surface area contributed by atoms with Crippen LogP contribution in [0, 0.1) is 12.7 Å². The first-order valence-electron chi connectivity index (χ1n) is 7.56. The number of halogens is 1. The quantitative estimate of drug-likeness (QED) is 0.939. The number of carbonyl (C=O) groups excluding carboxylic acids is 1. The Hall–Kier alpha value is -2.15. The summed E-state index contributed by atoms with van der Waals surface area (Å²) in [6, 6.07) is 6.41. The average Bonchev–Trinajstić information content (AvgIpc) is 2.99. The second-order valence-electron chi connectivity index (χ2n) is 5.47. The molecule has 2 amide bonds. The molecule has 0 aliphatic carbocycles. The maximum atomic E-state index is 13.0. The zero-order valence-corrected chi connectivity index (χ0v) is 13.8. The molecule has 1 aliphatic heterocycles. The molecule has 1 aliphatic rings. The summed E-state index contributed by atoms with van der Waals surface area (Å²) in [5.41, 5.74) is 1.88. The van der Waals surface area contributed by atoms with Crippen LogP contribution in [0.1, 0.15) is 10.7 Å². The van der Waals surface area contributed by atoms with Crippen LogP contribution in [0.5, 0.6) is 0 Å². The van der Waals surface area contributed by atoms with Gasteiger partial charge in [-0.25, -0.2) is 14.2 Å². The number of urea groups is 1. The summed E-state index contributed by atoms with van der Waals surface area (Å²) in [6.07, 6.45) is 0. The van der Waals surface area contributed by atoms with E-state index in [0.29, 0.717) is 19.6 Å². The number of carbonyl (C=O) groups is 1. The predicted molar refractivity (Wildman–Crippen MR) is 89.3 cm³/mol. The van der Waals surface area contributed by atoms with E-state index < -0.39 is 0 Å². The van der Waals surface area contributed by atoms with Gasteiger partial charge in [0, 0.05) is 37.2 Å². The third-order valence-corrected chi connectivity index (χ3v) is 4.67. The van der Waals surface area contributed by atoms with Gasteiger partial charge in [0.2, 0.25) is 0 Å². The maximum Gasteiger partial charge on any atom is 0.317 e. The number of benzene rings is 1. The third kappa shape index (κ3) is 3.98. The molecular weight excluding hydrogens is 315 g/mol. The summed E-state index contributed by atoms with van der Waals surface area (Å²) in [4.78, 5) is 20.5. The van der Waals surface area contributed by atoms with E-state index in [-0.39, 0.29) is 11.8 Å². The fourth-order valence-corrected chi connectivity index (χ4v) is 3.20. The average molecular weight is 334 g/mol. The predicted octanol–water partition coefficient (Wildman–Crippen LogP) is 2.62. The number of aryl methyl sites for hydroxylation is 1. The Morgan fingerprint density at radius 1 is 1.26 bits per heavy atom. The van der Waals surface area contributed by atoms with Gasteiger partial charge in [0.1, 0.15) is 5.82 Å². The SMILES string of the molecule is Cc1nc(CNC(=O)N2CCN(c3ccc(F)cc3)CC2)cs1. The molecule has 5 nitrogen and oxygen atoms in total. The first kappa shape index (κ1) is 15.7. The first-order chi connectivity index (χ1) is 11.1. The molecule has 0 spiro atoms. The third-order valence-electron chi connectivity index (χ3n) is 3.85. The fourth-order valence-electron chi connectivity index (χ4n) is 2.59. The highest BCUT2D eigenvalue weighted by molar-refractivity contribution is 7.09. The highest BCUT2D eigenvalue weighted by Gasteiger charge is 2.21. The minimum atomic E-state index is -0.232. The largest absolute Gasteiger partial charge is 0.368 e. The van der Waals surface area contributed by atoms with E-state index in [1.165, 1.54) is 12.1 Å². The molecular formula is C16H19FN4OS. The molecule has 0 bridgehead atoms.